The first kappa shape index (κ1) is 35.0. The second-order valence-corrected chi connectivity index (χ2v) is 14.0. The molecular formula is C36H34N4O7S2. The van der Waals surface area contributed by atoms with Gasteiger partial charge in [0.1, 0.15) is 10.7 Å². The number of thiophene rings is 1. The van der Waals surface area contributed by atoms with Crippen LogP contribution in [0.1, 0.15) is 57.0 Å². The number of rotatable bonds is 11. The Hall–Kier alpha value is -5.27. The first-order valence-electron chi connectivity index (χ1n) is 15.5. The molecule has 0 aliphatic heterocycles. The van der Waals surface area contributed by atoms with Gasteiger partial charge < -0.3 is 20.7 Å². The summed E-state index contributed by atoms with van der Waals surface area (Å²) < 4.78 is 5.04. The number of nitrogens with zero attached hydrogens (tertiary/aromatic N) is 1. The van der Waals surface area contributed by atoms with Crippen molar-refractivity contribution < 1.29 is 28.8 Å². The van der Waals surface area contributed by atoms with Crippen molar-refractivity contribution in [1.82, 2.24) is 5.32 Å². The minimum absolute atomic E-state index is 0.131. The van der Waals surface area contributed by atoms with Gasteiger partial charge in [0.05, 0.1) is 28.4 Å². The van der Waals surface area contributed by atoms with E-state index in [9.17, 15) is 29.3 Å². The summed E-state index contributed by atoms with van der Waals surface area (Å²) in [5, 5.41) is 19.8. The molecule has 1 aliphatic rings. The summed E-state index contributed by atoms with van der Waals surface area (Å²) >= 11 is 2.67. The maximum Gasteiger partial charge on any atom is 0.341 e. The highest BCUT2D eigenvalue weighted by Crippen LogP contribution is 2.40. The molecule has 3 aromatic carbocycles. The smallest absolute Gasteiger partial charge is 0.341 e. The van der Waals surface area contributed by atoms with Gasteiger partial charge >= 0.3 is 5.97 Å². The summed E-state index contributed by atoms with van der Waals surface area (Å²) in [5.74, 6) is -1.55. The molecule has 3 N–H and O–H groups in total. The van der Waals surface area contributed by atoms with Crippen LogP contribution in [-0.2, 0) is 27.2 Å². The van der Waals surface area contributed by atoms with Gasteiger partial charge in [0.15, 0.2) is 0 Å². The number of para-hydroxylation sites is 1. The number of hydrogen-bond acceptors (Lipinski definition) is 9. The van der Waals surface area contributed by atoms with Crippen molar-refractivity contribution in [3.8, 4) is 0 Å². The molecule has 0 saturated heterocycles. The third kappa shape index (κ3) is 8.61. The lowest BCUT2D eigenvalue weighted by Gasteiger charge is -2.18. The van der Waals surface area contributed by atoms with Crippen LogP contribution in [0, 0.1) is 16.0 Å². The van der Waals surface area contributed by atoms with E-state index in [0.717, 1.165) is 29.7 Å². The van der Waals surface area contributed by atoms with Crippen LogP contribution in [0.3, 0.4) is 0 Å². The summed E-state index contributed by atoms with van der Waals surface area (Å²) in [5.41, 5.74) is 1.74. The highest BCUT2D eigenvalue weighted by molar-refractivity contribution is 8.00. The van der Waals surface area contributed by atoms with Crippen LogP contribution in [0.25, 0.3) is 6.08 Å². The maximum absolute atomic E-state index is 13.6. The standard InChI is InChI=1S/C36H34N4O7S2/c1-21-16-17-27-30(18-21)49-35(31(27)36(44)47-3)39-32(41)22(2)48-26-14-9-13-25(20-26)37-34(43)28(38-33(42)23-10-5-4-6-11-23)19-24-12-7-8-15-29(24)40(45)46/h4-15,19-22H,16-18H2,1-3H3,(H,37,43)(H,38,42)(H,39,41)/b28-19+. The number of fused-ring (bicyclic) bond motifs is 1. The van der Waals surface area contributed by atoms with E-state index in [2.05, 4.69) is 22.9 Å². The van der Waals surface area contributed by atoms with Crippen molar-refractivity contribution in [3.05, 3.63) is 122 Å². The summed E-state index contributed by atoms with van der Waals surface area (Å²) in [7, 11) is 1.33. The monoisotopic (exact) mass is 698 g/mol. The van der Waals surface area contributed by atoms with E-state index in [0.29, 0.717) is 32.6 Å². The van der Waals surface area contributed by atoms with Crippen LogP contribution in [0.2, 0.25) is 0 Å². The highest BCUT2D eigenvalue weighted by Gasteiger charge is 2.30. The number of thioether (sulfide) groups is 1. The number of methoxy groups -OCH3 is 1. The molecule has 5 rings (SSSR count). The van der Waals surface area contributed by atoms with Gasteiger partial charge in [0, 0.05) is 27.1 Å². The molecule has 13 heteroatoms. The number of carbonyl (C=O) groups excluding carboxylic acids is 4. The van der Waals surface area contributed by atoms with Crippen molar-refractivity contribution in [2.45, 2.75) is 43.3 Å². The number of benzene rings is 3. The lowest BCUT2D eigenvalue weighted by atomic mass is 9.88. The van der Waals surface area contributed by atoms with Gasteiger partial charge in [-0.15, -0.1) is 23.1 Å². The van der Waals surface area contributed by atoms with Crippen molar-refractivity contribution in [3.63, 3.8) is 0 Å². The van der Waals surface area contributed by atoms with E-state index < -0.39 is 28.0 Å². The fraction of sp³-hybridized carbons (Fsp3) is 0.222. The normalized spacial score (nSPS) is 14.6. The topological polar surface area (TPSA) is 157 Å². The average molecular weight is 699 g/mol. The zero-order valence-electron chi connectivity index (χ0n) is 27.0. The fourth-order valence-electron chi connectivity index (χ4n) is 5.35. The molecular weight excluding hydrogens is 665 g/mol. The Kier molecular flexibility index (Phi) is 11.3. The maximum atomic E-state index is 13.6. The molecule has 1 aromatic heterocycles. The van der Waals surface area contributed by atoms with E-state index >= 15 is 0 Å². The third-order valence-electron chi connectivity index (χ3n) is 7.87. The van der Waals surface area contributed by atoms with Crippen LogP contribution in [-0.4, -0.2) is 41.0 Å². The van der Waals surface area contributed by atoms with E-state index in [1.54, 1.807) is 67.6 Å². The predicted molar refractivity (Wildman–Crippen MR) is 191 cm³/mol. The molecule has 11 nitrogen and oxygen atoms in total. The molecule has 0 fully saturated rings. The van der Waals surface area contributed by atoms with E-state index in [4.69, 9.17) is 4.74 Å². The second kappa shape index (κ2) is 15.8. The molecule has 252 valence electrons. The third-order valence-corrected chi connectivity index (χ3v) is 10.1. The quantitative estimate of drug-likeness (QED) is 0.0493. The lowest BCUT2D eigenvalue weighted by Crippen LogP contribution is -2.30. The van der Waals surface area contributed by atoms with Gasteiger partial charge in [-0.2, -0.15) is 0 Å². The van der Waals surface area contributed by atoms with Crippen molar-refractivity contribution in [1.29, 1.82) is 0 Å². The minimum Gasteiger partial charge on any atom is -0.465 e. The van der Waals surface area contributed by atoms with Gasteiger partial charge in [-0.25, -0.2) is 4.79 Å². The summed E-state index contributed by atoms with van der Waals surface area (Å²) in [6, 6.07) is 21.0. The zero-order valence-corrected chi connectivity index (χ0v) is 28.6. The number of nitro benzene ring substituents is 1. The van der Waals surface area contributed by atoms with E-state index in [-0.39, 0.29) is 22.9 Å². The fourth-order valence-corrected chi connectivity index (χ4v) is 7.68. The molecule has 1 aliphatic carbocycles. The summed E-state index contributed by atoms with van der Waals surface area (Å²) in [4.78, 5) is 65.4. The first-order valence-corrected chi connectivity index (χ1v) is 17.2. The van der Waals surface area contributed by atoms with Gasteiger partial charge in [-0.1, -0.05) is 43.3 Å². The van der Waals surface area contributed by atoms with Crippen LogP contribution in [0.4, 0.5) is 16.4 Å². The average Bonchev–Trinajstić information content (AvgIpc) is 3.44. The number of carbonyl (C=O) groups is 4. The molecule has 2 atom stereocenters. The highest BCUT2D eigenvalue weighted by atomic mass is 32.2. The van der Waals surface area contributed by atoms with Gasteiger partial charge in [0.2, 0.25) is 5.91 Å². The second-order valence-electron chi connectivity index (χ2n) is 11.5. The molecule has 0 radical (unpaired) electrons. The Balaban J connectivity index is 1.32. The summed E-state index contributed by atoms with van der Waals surface area (Å²) in [6.45, 7) is 3.91. The Morgan fingerprint density at radius 3 is 2.49 bits per heavy atom. The van der Waals surface area contributed by atoms with Gasteiger partial charge in [-0.05, 0) is 80.1 Å². The van der Waals surface area contributed by atoms with E-state index in [1.807, 2.05) is 0 Å². The van der Waals surface area contributed by atoms with Crippen LogP contribution < -0.4 is 16.0 Å². The molecule has 0 saturated carbocycles. The van der Waals surface area contributed by atoms with Crippen LogP contribution in [0.15, 0.2) is 89.5 Å². The van der Waals surface area contributed by atoms with Gasteiger partial charge in [-0.3, -0.25) is 24.5 Å². The molecule has 2 unspecified atom stereocenters. The number of ether oxygens (including phenoxy) is 1. The Labute approximate surface area is 291 Å². The zero-order chi connectivity index (χ0) is 35.1. The number of nitrogens with one attached hydrogen (secondary N) is 3. The minimum atomic E-state index is -0.707. The molecule has 0 spiro atoms. The van der Waals surface area contributed by atoms with Crippen molar-refractivity contribution in [2.24, 2.45) is 5.92 Å². The largest absolute Gasteiger partial charge is 0.465 e. The Bertz CT molecular complexity index is 1940. The molecule has 49 heavy (non-hydrogen) atoms. The number of amides is 3. The predicted octanol–water partition coefficient (Wildman–Crippen LogP) is 7.10. The number of esters is 1. The number of hydrogen-bond donors (Lipinski definition) is 3. The van der Waals surface area contributed by atoms with E-state index in [1.165, 1.54) is 54.5 Å². The first-order chi connectivity index (χ1) is 23.5. The lowest BCUT2D eigenvalue weighted by molar-refractivity contribution is -0.385. The van der Waals surface area contributed by atoms with Crippen molar-refractivity contribution >= 4 is 69.2 Å². The van der Waals surface area contributed by atoms with Gasteiger partial charge in [0.25, 0.3) is 17.5 Å². The van der Waals surface area contributed by atoms with Crippen molar-refractivity contribution in [2.75, 3.05) is 17.7 Å². The Morgan fingerprint density at radius 2 is 1.76 bits per heavy atom. The van der Waals surface area contributed by atoms with Crippen LogP contribution in [0.5, 0.6) is 0 Å². The SMILES string of the molecule is COC(=O)c1c(NC(=O)C(C)Sc2cccc(NC(=O)/C(=C\c3ccccc3[N+](=O)[O-])NC(=O)c3ccccc3)c2)sc2c1CCC(C)C2. The molecule has 1 heterocycles. The summed E-state index contributed by atoms with van der Waals surface area (Å²) in [6.07, 6.45) is 3.82. The number of anilines is 2. The van der Waals surface area contributed by atoms with Crippen LogP contribution >= 0.6 is 23.1 Å². The molecule has 0 bridgehead atoms. The molecule has 3 amide bonds. The Morgan fingerprint density at radius 1 is 1.02 bits per heavy atom. The number of nitro groups is 1. The molecule has 4 aromatic rings.